The Hall–Kier alpha value is -3.38. The van der Waals surface area contributed by atoms with Crippen LogP contribution in [0.15, 0.2) is 83.8 Å². The Morgan fingerprint density at radius 2 is 1.47 bits per heavy atom. The number of fused-ring (bicyclic) bond motifs is 1. The van der Waals surface area contributed by atoms with Gasteiger partial charge >= 0.3 is 0 Å². The predicted molar refractivity (Wildman–Crippen MR) is 130 cm³/mol. The lowest BCUT2D eigenvalue weighted by Crippen LogP contribution is -2.46. The fourth-order valence-corrected chi connectivity index (χ4v) is 4.59. The van der Waals surface area contributed by atoms with Crippen molar-refractivity contribution in [1.82, 2.24) is 19.2 Å². The molecule has 0 saturated carbocycles. The minimum Gasteiger partial charge on any atom is -0.354 e. The molecule has 0 atom stereocenters. The number of nitrogens with zero attached hydrogens (tertiary/aromatic N) is 5. The van der Waals surface area contributed by atoms with Gasteiger partial charge in [-0.15, -0.1) is 0 Å². The largest absolute Gasteiger partial charge is 0.354 e. The molecule has 32 heavy (non-hydrogen) atoms. The molecule has 1 saturated heterocycles. The summed E-state index contributed by atoms with van der Waals surface area (Å²) in [7, 11) is 0. The van der Waals surface area contributed by atoms with Gasteiger partial charge in [-0.3, -0.25) is 14.4 Å². The molecule has 1 aliphatic heterocycles. The number of hydrogen-bond donors (Lipinski definition) is 0. The average Bonchev–Trinajstić information content (AvgIpc) is 3.15. The van der Waals surface area contributed by atoms with Gasteiger partial charge in [0.15, 0.2) is 0 Å². The molecule has 2 aromatic heterocycles. The lowest BCUT2D eigenvalue weighted by molar-refractivity contribution is 0.250. The van der Waals surface area contributed by atoms with Crippen LogP contribution in [0.2, 0.25) is 0 Å². The number of piperazine rings is 1. The average molecular weight is 428 g/mol. The molecule has 0 radical (unpaired) electrons. The van der Waals surface area contributed by atoms with E-state index < -0.39 is 0 Å². The molecule has 0 spiro atoms. The number of hydrogen-bond acceptors (Lipinski definition) is 4. The summed E-state index contributed by atoms with van der Waals surface area (Å²) in [6.45, 7) is 5.92. The van der Waals surface area contributed by atoms with Crippen LogP contribution < -0.4 is 10.5 Å². The van der Waals surface area contributed by atoms with Gasteiger partial charge in [0.05, 0.1) is 16.6 Å². The SMILES string of the molecule is O=c1c2ccccc2n(-c2ccccc2)n1CCCCN1CCN(c2ccccn2)CC1. The molecule has 0 unspecified atom stereocenters. The van der Waals surface area contributed by atoms with Gasteiger partial charge in [0.1, 0.15) is 5.82 Å². The zero-order valence-electron chi connectivity index (χ0n) is 18.3. The molecule has 0 bridgehead atoms. The van der Waals surface area contributed by atoms with Crippen LogP contribution in [0.4, 0.5) is 5.82 Å². The quantitative estimate of drug-likeness (QED) is 0.421. The number of benzene rings is 2. The molecule has 1 fully saturated rings. The van der Waals surface area contributed by atoms with E-state index in [4.69, 9.17) is 0 Å². The molecule has 0 N–H and O–H groups in total. The van der Waals surface area contributed by atoms with E-state index in [0.717, 1.165) is 74.5 Å². The van der Waals surface area contributed by atoms with Crippen LogP contribution >= 0.6 is 0 Å². The first kappa shape index (κ1) is 20.5. The number of anilines is 1. The van der Waals surface area contributed by atoms with E-state index in [0.29, 0.717) is 0 Å². The first-order valence-corrected chi connectivity index (χ1v) is 11.5. The summed E-state index contributed by atoms with van der Waals surface area (Å²) in [5.74, 6) is 1.07. The topological polar surface area (TPSA) is 46.3 Å². The fraction of sp³-hybridized carbons (Fsp3) is 0.308. The van der Waals surface area contributed by atoms with Crippen LogP contribution in [0, 0.1) is 0 Å². The summed E-state index contributed by atoms with van der Waals surface area (Å²) in [6.07, 6.45) is 3.91. The Morgan fingerprint density at radius 3 is 2.25 bits per heavy atom. The Bertz CT molecular complexity index is 1210. The zero-order valence-corrected chi connectivity index (χ0v) is 18.3. The van der Waals surface area contributed by atoms with E-state index in [1.54, 1.807) is 0 Å². The lowest BCUT2D eigenvalue weighted by Gasteiger charge is -2.35. The molecule has 0 aliphatic carbocycles. The third-order valence-corrected chi connectivity index (χ3v) is 6.28. The van der Waals surface area contributed by atoms with Gasteiger partial charge in [-0.25, -0.2) is 9.67 Å². The summed E-state index contributed by atoms with van der Waals surface area (Å²) in [5.41, 5.74) is 2.08. The van der Waals surface area contributed by atoms with Crippen LogP contribution in [-0.4, -0.2) is 52.0 Å². The molecule has 4 aromatic rings. The first-order chi connectivity index (χ1) is 15.8. The molecule has 6 nitrogen and oxygen atoms in total. The second kappa shape index (κ2) is 9.40. The van der Waals surface area contributed by atoms with Crippen LogP contribution in [-0.2, 0) is 6.54 Å². The van der Waals surface area contributed by atoms with Crippen LogP contribution in [0.3, 0.4) is 0 Å². The Labute approximate surface area is 188 Å². The van der Waals surface area contributed by atoms with Crippen molar-refractivity contribution in [3.63, 3.8) is 0 Å². The zero-order chi connectivity index (χ0) is 21.8. The number of pyridine rings is 1. The number of unbranched alkanes of at least 4 members (excludes halogenated alkanes) is 1. The molecular weight excluding hydrogens is 398 g/mol. The van der Waals surface area contributed by atoms with Gasteiger partial charge in [0.2, 0.25) is 0 Å². The Kier molecular flexibility index (Phi) is 6.03. The van der Waals surface area contributed by atoms with E-state index in [9.17, 15) is 4.79 Å². The minimum absolute atomic E-state index is 0.0911. The highest BCUT2D eigenvalue weighted by Gasteiger charge is 2.18. The standard InChI is InChI=1S/C26H29N5O/c32-26-23-12-4-5-13-24(23)31(22-10-2-1-3-11-22)30(26)17-9-8-16-28-18-20-29(21-19-28)25-14-6-7-15-27-25/h1-7,10-15H,8-9,16-21H2. The van der Waals surface area contributed by atoms with E-state index in [2.05, 4.69) is 37.7 Å². The summed E-state index contributed by atoms with van der Waals surface area (Å²) in [4.78, 5) is 22.5. The number of aromatic nitrogens is 3. The summed E-state index contributed by atoms with van der Waals surface area (Å²) < 4.78 is 3.97. The van der Waals surface area contributed by atoms with Crippen molar-refractivity contribution in [1.29, 1.82) is 0 Å². The highest BCUT2D eigenvalue weighted by atomic mass is 16.1. The van der Waals surface area contributed by atoms with Crippen molar-refractivity contribution in [3.8, 4) is 5.69 Å². The van der Waals surface area contributed by atoms with Crippen LogP contribution in [0.5, 0.6) is 0 Å². The summed E-state index contributed by atoms with van der Waals surface area (Å²) >= 11 is 0. The van der Waals surface area contributed by atoms with Gasteiger partial charge in [-0.05, 0) is 55.8 Å². The van der Waals surface area contributed by atoms with Gasteiger partial charge in [0, 0.05) is 38.9 Å². The summed E-state index contributed by atoms with van der Waals surface area (Å²) in [5, 5.41) is 0.780. The third-order valence-electron chi connectivity index (χ3n) is 6.28. The van der Waals surface area contributed by atoms with Crippen molar-refractivity contribution in [3.05, 3.63) is 89.3 Å². The number of para-hydroxylation sites is 2. The lowest BCUT2D eigenvalue weighted by atomic mass is 10.2. The normalized spacial score (nSPS) is 14.8. The van der Waals surface area contributed by atoms with Gasteiger partial charge in [-0.2, -0.15) is 0 Å². The maximum atomic E-state index is 13.1. The highest BCUT2D eigenvalue weighted by molar-refractivity contribution is 5.80. The van der Waals surface area contributed by atoms with Crippen molar-refractivity contribution in [2.24, 2.45) is 0 Å². The molecule has 164 valence electrons. The fourth-order valence-electron chi connectivity index (χ4n) is 4.59. The molecule has 5 rings (SSSR count). The van der Waals surface area contributed by atoms with Gasteiger partial charge in [0.25, 0.3) is 5.56 Å². The van der Waals surface area contributed by atoms with E-state index in [-0.39, 0.29) is 5.56 Å². The summed E-state index contributed by atoms with van der Waals surface area (Å²) in [6, 6.07) is 24.1. The second-order valence-electron chi connectivity index (χ2n) is 8.32. The minimum atomic E-state index is 0.0911. The second-order valence-corrected chi connectivity index (χ2v) is 8.32. The molecule has 2 aromatic carbocycles. The molecule has 3 heterocycles. The smallest absolute Gasteiger partial charge is 0.274 e. The van der Waals surface area contributed by atoms with E-state index in [1.807, 2.05) is 65.5 Å². The van der Waals surface area contributed by atoms with Crippen molar-refractivity contribution in [2.45, 2.75) is 19.4 Å². The Morgan fingerprint density at radius 1 is 0.750 bits per heavy atom. The maximum absolute atomic E-state index is 13.1. The van der Waals surface area contributed by atoms with E-state index >= 15 is 0 Å². The predicted octanol–water partition coefficient (Wildman–Crippen LogP) is 3.79. The van der Waals surface area contributed by atoms with Crippen LogP contribution in [0.1, 0.15) is 12.8 Å². The van der Waals surface area contributed by atoms with Crippen molar-refractivity contribution < 1.29 is 0 Å². The maximum Gasteiger partial charge on any atom is 0.274 e. The van der Waals surface area contributed by atoms with Crippen LogP contribution in [0.25, 0.3) is 16.6 Å². The van der Waals surface area contributed by atoms with Crippen molar-refractivity contribution >= 4 is 16.7 Å². The highest BCUT2D eigenvalue weighted by Crippen LogP contribution is 2.18. The van der Waals surface area contributed by atoms with Crippen molar-refractivity contribution in [2.75, 3.05) is 37.6 Å². The number of rotatable bonds is 7. The van der Waals surface area contributed by atoms with Gasteiger partial charge in [-0.1, -0.05) is 36.4 Å². The third kappa shape index (κ3) is 4.18. The van der Waals surface area contributed by atoms with Gasteiger partial charge < -0.3 is 4.90 Å². The molecular formula is C26H29N5O. The first-order valence-electron chi connectivity index (χ1n) is 11.5. The molecule has 6 heteroatoms. The molecule has 0 amide bonds. The molecule has 1 aliphatic rings. The monoisotopic (exact) mass is 427 g/mol. The Balaban J connectivity index is 1.21. The van der Waals surface area contributed by atoms with E-state index in [1.165, 1.54) is 0 Å².